The van der Waals surface area contributed by atoms with Crippen molar-refractivity contribution in [3.8, 4) is 0 Å². The van der Waals surface area contributed by atoms with Crippen molar-refractivity contribution in [2.24, 2.45) is 0 Å². The summed E-state index contributed by atoms with van der Waals surface area (Å²) in [6.45, 7) is 2.91. The van der Waals surface area contributed by atoms with Crippen LogP contribution in [0.1, 0.15) is 0 Å². The Bertz CT molecular complexity index is 90.2. The van der Waals surface area contributed by atoms with Crippen molar-refractivity contribution in [1.29, 1.82) is 0 Å². The van der Waals surface area contributed by atoms with Crippen LogP contribution in [0.25, 0.3) is 0 Å². The lowest BCUT2D eigenvalue weighted by atomic mass is 10.9. The number of hydroxylamine groups is 2. The van der Waals surface area contributed by atoms with E-state index in [0.29, 0.717) is 6.20 Å². The minimum atomic E-state index is -1.55. The summed E-state index contributed by atoms with van der Waals surface area (Å²) in [5.74, 6) is 0. The average molecular weight is 102 g/mol. The first-order valence-electron chi connectivity index (χ1n) is 1.50. The fraction of sp³-hybridized carbons (Fsp3) is 0. The highest BCUT2D eigenvalue weighted by Crippen LogP contribution is 1.79. The quantitative estimate of drug-likeness (QED) is 0.489. The fourth-order valence-electron chi connectivity index (χ4n) is 0.0781. The van der Waals surface area contributed by atoms with Crippen LogP contribution >= 0.6 is 0 Å². The predicted octanol–water partition coefficient (Wildman–Crippen LogP) is 0.455. The van der Waals surface area contributed by atoms with Gasteiger partial charge in [0.2, 0.25) is 0 Å². The third kappa shape index (κ3) is 1.77. The van der Waals surface area contributed by atoms with Gasteiger partial charge in [0.15, 0.2) is 0 Å². The van der Waals surface area contributed by atoms with E-state index < -0.39 is 6.09 Å². The molecule has 0 saturated carbocycles. The maximum atomic E-state index is 9.71. The van der Waals surface area contributed by atoms with Crippen molar-refractivity contribution >= 4 is 6.09 Å². The molecule has 0 fully saturated rings. The van der Waals surface area contributed by atoms with E-state index in [0.717, 1.165) is 0 Å². The molecule has 0 saturated heterocycles. The number of carboxylic acid groups (broad SMARTS) is 1. The number of rotatable bonds is 1. The molecule has 0 aliphatic heterocycles. The van der Waals surface area contributed by atoms with Gasteiger partial charge in [0.05, 0.1) is 0 Å². The SMILES string of the molecule is C=CN([O])C(=O)O. The smallest absolute Gasteiger partial charge is 0.438 e. The molecular weight excluding hydrogens is 98.0 g/mol. The van der Waals surface area contributed by atoms with E-state index in [9.17, 15) is 10.0 Å². The van der Waals surface area contributed by atoms with Gasteiger partial charge >= 0.3 is 6.09 Å². The summed E-state index contributed by atoms with van der Waals surface area (Å²) >= 11 is 0. The van der Waals surface area contributed by atoms with Crippen LogP contribution in [0, 0.1) is 0 Å². The number of nitrogens with zero attached hydrogens (tertiary/aromatic N) is 1. The number of carbonyl (C=O) groups is 1. The minimum Gasteiger partial charge on any atom is -0.463 e. The first-order valence-corrected chi connectivity index (χ1v) is 1.50. The van der Waals surface area contributed by atoms with E-state index in [2.05, 4.69) is 6.58 Å². The van der Waals surface area contributed by atoms with E-state index in [1.54, 1.807) is 0 Å². The van der Waals surface area contributed by atoms with Crippen LogP contribution in [0.4, 0.5) is 4.79 Å². The first-order chi connectivity index (χ1) is 3.18. The average Bonchev–Trinajstić information content (AvgIpc) is 1.65. The van der Waals surface area contributed by atoms with Crippen LogP contribution in [0.5, 0.6) is 0 Å². The normalized spacial score (nSPS) is 7.57. The summed E-state index contributed by atoms with van der Waals surface area (Å²) < 4.78 is 0. The van der Waals surface area contributed by atoms with Crippen LogP contribution in [0.2, 0.25) is 0 Å². The molecule has 39 valence electrons. The zero-order valence-corrected chi connectivity index (χ0v) is 3.50. The predicted molar refractivity (Wildman–Crippen MR) is 20.7 cm³/mol. The van der Waals surface area contributed by atoms with Gasteiger partial charge in [-0.2, -0.15) is 0 Å². The molecule has 4 nitrogen and oxygen atoms in total. The Balaban J connectivity index is 3.55. The van der Waals surface area contributed by atoms with E-state index in [1.165, 1.54) is 0 Å². The summed E-state index contributed by atoms with van der Waals surface area (Å²) in [4.78, 5) is 9.47. The Labute approximate surface area is 40.2 Å². The lowest BCUT2D eigenvalue weighted by Crippen LogP contribution is -2.15. The molecule has 0 aromatic carbocycles. The number of hydrogen-bond acceptors (Lipinski definition) is 1. The topological polar surface area (TPSA) is 60.4 Å². The Morgan fingerprint density at radius 2 is 2.29 bits per heavy atom. The van der Waals surface area contributed by atoms with Gasteiger partial charge in [-0.15, -0.1) is 5.06 Å². The second kappa shape index (κ2) is 2.20. The van der Waals surface area contributed by atoms with Gasteiger partial charge < -0.3 is 5.11 Å². The van der Waals surface area contributed by atoms with Gasteiger partial charge in [0.1, 0.15) is 0 Å². The Morgan fingerprint density at radius 1 is 1.86 bits per heavy atom. The molecular formula is C3H4NO3. The highest BCUT2D eigenvalue weighted by atomic mass is 16.6. The van der Waals surface area contributed by atoms with Gasteiger partial charge in [-0.1, -0.05) is 11.8 Å². The van der Waals surface area contributed by atoms with Crippen LogP contribution in [-0.2, 0) is 5.21 Å². The molecule has 0 rings (SSSR count). The van der Waals surface area contributed by atoms with E-state index >= 15 is 0 Å². The molecule has 0 aliphatic carbocycles. The van der Waals surface area contributed by atoms with Gasteiger partial charge in [0, 0.05) is 6.20 Å². The van der Waals surface area contributed by atoms with E-state index in [-0.39, 0.29) is 5.06 Å². The second-order valence-corrected chi connectivity index (χ2v) is 0.791. The highest BCUT2D eigenvalue weighted by Gasteiger charge is 2.01. The highest BCUT2D eigenvalue weighted by molar-refractivity contribution is 5.64. The molecule has 0 bridgehead atoms. The zero-order valence-electron chi connectivity index (χ0n) is 3.50. The molecule has 0 atom stereocenters. The summed E-state index contributed by atoms with van der Waals surface area (Å²) in [5.41, 5.74) is 0. The molecule has 0 aromatic heterocycles. The van der Waals surface area contributed by atoms with Crippen molar-refractivity contribution in [2.45, 2.75) is 0 Å². The fourth-order valence-corrected chi connectivity index (χ4v) is 0.0781. The first kappa shape index (κ1) is 5.97. The summed E-state index contributed by atoms with van der Waals surface area (Å²) in [6.07, 6.45) is -0.877. The zero-order chi connectivity index (χ0) is 5.86. The molecule has 7 heavy (non-hydrogen) atoms. The van der Waals surface area contributed by atoms with E-state index in [1.807, 2.05) is 0 Å². The second-order valence-electron chi connectivity index (χ2n) is 0.791. The maximum Gasteiger partial charge on any atom is 0.438 e. The van der Waals surface area contributed by atoms with E-state index in [4.69, 9.17) is 5.11 Å². The molecule has 1 radical (unpaired) electrons. The van der Waals surface area contributed by atoms with Crippen LogP contribution < -0.4 is 0 Å². The molecule has 1 N–H and O–H groups in total. The number of hydrogen-bond donors (Lipinski definition) is 1. The Morgan fingerprint density at radius 3 is 2.29 bits per heavy atom. The van der Waals surface area contributed by atoms with Crippen molar-refractivity contribution < 1.29 is 15.1 Å². The molecule has 0 unspecified atom stereocenters. The largest absolute Gasteiger partial charge is 0.463 e. The molecule has 1 amide bonds. The maximum absolute atomic E-state index is 9.71. The molecule has 0 aromatic rings. The van der Waals surface area contributed by atoms with Crippen LogP contribution in [0.15, 0.2) is 12.8 Å². The van der Waals surface area contributed by atoms with Gasteiger partial charge in [-0.05, 0) is 0 Å². The molecule has 0 heterocycles. The van der Waals surface area contributed by atoms with Crippen molar-refractivity contribution in [3.63, 3.8) is 0 Å². The van der Waals surface area contributed by atoms with Gasteiger partial charge in [0.25, 0.3) is 0 Å². The van der Waals surface area contributed by atoms with Gasteiger partial charge in [-0.25, -0.2) is 4.79 Å². The third-order valence-corrected chi connectivity index (χ3v) is 0.354. The van der Waals surface area contributed by atoms with Crippen molar-refractivity contribution in [3.05, 3.63) is 12.8 Å². The number of amides is 1. The monoisotopic (exact) mass is 102 g/mol. The molecule has 0 aliphatic rings. The third-order valence-electron chi connectivity index (χ3n) is 0.354. The van der Waals surface area contributed by atoms with Crippen LogP contribution in [0.3, 0.4) is 0 Å². The Hall–Kier alpha value is -1.03. The summed E-state index contributed by atoms with van der Waals surface area (Å²) in [5, 5.41) is 17.2. The lowest BCUT2D eigenvalue weighted by Gasteiger charge is -1.95. The van der Waals surface area contributed by atoms with Crippen molar-refractivity contribution in [2.75, 3.05) is 0 Å². The Kier molecular flexibility index (Phi) is 1.87. The van der Waals surface area contributed by atoms with Crippen LogP contribution in [-0.4, -0.2) is 16.3 Å². The summed E-state index contributed by atoms with van der Waals surface area (Å²) in [6, 6.07) is 0. The van der Waals surface area contributed by atoms with Crippen molar-refractivity contribution in [1.82, 2.24) is 5.06 Å². The lowest BCUT2D eigenvalue weighted by molar-refractivity contribution is -0.0852. The molecule has 0 spiro atoms. The minimum absolute atomic E-state index is 0.278. The van der Waals surface area contributed by atoms with Gasteiger partial charge in [-0.3, -0.25) is 0 Å². The summed E-state index contributed by atoms with van der Waals surface area (Å²) in [7, 11) is 0. The standard InChI is InChI=1S/C3H4NO3/c1-2-4(7)3(5)6/h2H,1H2,(H,5,6). The molecule has 4 heteroatoms.